The van der Waals surface area contributed by atoms with Crippen molar-refractivity contribution < 1.29 is 4.74 Å². The SMILES string of the molecule is CCCCc1ccc(OC(C)[C@H](C)N)cc1. The summed E-state index contributed by atoms with van der Waals surface area (Å²) < 4.78 is 5.71. The standard InChI is InChI=1S/C14H23NO/c1-4-5-6-13-7-9-14(10-8-13)16-12(3)11(2)15/h7-12H,4-6,15H2,1-3H3/t11-,12?/m0/s1. The predicted molar refractivity (Wildman–Crippen MR) is 68.8 cm³/mol. The largest absolute Gasteiger partial charge is 0.489 e. The van der Waals surface area contributed by atoms with E-state index in [-0.39, 0.29) is 12.1 Å². The van der Waals surface area contributed by atoms with Crippen molar-refractivity contribution in [2.75, 3.05) is 0 Å². The summed E-state index contributed by atoms with van der Waals surface area (Å²) >= 11 is 0. The average molecular weight is 221 g/mol. The minimum absolute atomic E-state index is 0.0553. The van der Waals surface area contributed by atoms with Gasteiger partial charge in [0.25, 0.3) is 0 Å². The molecule has 1 unspecified atom stereocenters. The maximum Gasteiger partial charge on any atom is 0.119 e. The Balaban J connectivity index is 2.51. The highest BCUT2D eigenvalue weighted by Gasteiger charge is 2.08. The molecule has 16 heavy (non-hydrogen) atoms. The van der Waals surface area contributed by atoms with E-state index >= 15 is 0 Å². The quantitative estimate of drug-likeness (QED) is 0.801. The van der Waals surface area contributed by atoms with E-state index in [1.165, 1.54) is 18.4 Å². The highest BCUT2D eigenvalue weighted by atomic mass is 16.5. The number of unbranched alkanes of at least 4 members (excludes halogenated alkanes) is 1. The van der Waals surface area contributed by atoms with Gasteiger partial charge >= 0.3 is 0 Å². The van der Waals surface area contributed by atoms with Crippen LogP contribution >= 0.6 is 0 Å². The van der Waals surface area contributed by atoms with Crippen LogP contribution < -0.4 is 10.5 Å². The van der Waals surface area contributed by atoms with Gasteiger partial charge in [-0.2, -0.15) is 0 Å². The molecule has 0 spiro atoms. The summed E-state index contributed by atoms with van der Waals surface area (Å²) in [5.74, 6) is 0.907. The summed E-state index contributed by atoms with van der Waals surface area (Å²) in [6.07, 6.45) is 3.69. The van der Waals surface area contributed by atoms with Crippen LogP contribution in [-0.2, 0) is 6.42 Å². The second-order valence-corrected chi connectivity index (χ2v) is 4.43. The molecule has 0 aliphatic heterocycles. The molecule has 0 aliphatic carbocycles. The lowest BCUT2D eigenvalue weighted by atomic mass is 10.1. The van der Waals surface area contributed by atoms with E-state index in [1.807, 2.05) is 26.0 Å². The average Bonchev–Trinajstić information content (AvgIpc) is 2.28. The van der Waals surface area contributed by atoms with Crippen LogP contribution in [0.25, 0.3) is 0 Å². The van der Waals surface area contributed by atoms with Crippen LogP contribution in [0.4, 0.5) is 0 Å². The maximum atomic E-state index is 5.75. The molecule has 0 saturated carbocycles. The van der Waals surface area contributed by atoms with E-state index < -0.39 is 0 Å². The van der Waals surface area contributed by atoms with Gasteiger partial charge < -0.3 is 10.5 Å². The Hall–Kier alpha value is -1.02. The lowest BCUT2D eigenvalue weighted by Crippen LogP contribution is -2.33. The van der Waals surface area contributed by atoms with Crippen LogP contribution in [0, 0.1) is 0 Å². The van der Waals surface area contributed by atoms with E-state index in [2.05, 4.69) is 19.1 Å². The van der Waals surface area contributed by atoms with Crippen molar-refractivity contribution in [1.29, 1.82) is 0 Å². The van der Waals surface area contributed by atoms with Gasteiger partial charge in [-0.1, -0.05) is 25.5 Å². The van der Waals surface area contributed by atoms with Gasteiger partial charge in [-0.3, -0.25) is 0 Å². The third-order valence-corrected chi connectivity index (χ3v) is 2.80. The number of aryl methyl sites for hydroxylation is 1. The van der Waals surface area contributed by atoms with Crippen molar-refractivity contribution in [3.63, 3.8) is 0 Å². The molecule has 1 rings (SSSR count). The van der Waals surface area contributed by atoms with Gasteiger partial charge in [-0.05, 0) is 44.4 Å². The molecule has 2 nitrogen and oxygen atoms in total. The van der Waals surface area contributed by atoms with Gasteiger partial charge in [-0.25, -0.2) is 0 Å². The Morgan fingerprint density at radius 2 is 1.81 bits per heavy atom. The molecular weight excluding hydrogens is 198 g/mol. The fraction of sp³-hybridized carbons (Fsp3) is 0.571. The van der Waals surface area contributed by atoms with E-state index in [9.17, 15) is 0 Å². The molecule has 90 valence electrons. The van der Waals surface area contributed by atoms with Crippen molar-refractivity contribution >= 4 is 0 Å². The maximum absolute atomic E-state index is 5.75. The van der Waals surface area contributed by atoms with Crippen molar-refractivity contribution in [3.05, 3.63) is 29.8 Å². The number of benzene rings is 1. The Kier molecular flexibility index (Phi) is 5.33. The molecule has 0 amide bonds. The third kappa shape index (κ3) is 4.23. The fourth-order valence-electron chi connectivity index (χ4n) is 1.44. The molecule has 2 heteroatoms. The molecule has 0 radical (unpaired) electrons. The van der Waals surface area contributed by atoms with Crippen molar-refractivity contribution in [2.45, 2.75) is 52.2 Å². The van der Waals surface area contributed by atoms with Gasteiger partial charge in [0, 0.05) is 6.04 Å². The topological polar surface area (TPSA) is 35.2 Å². The van der Waals surface area contributed by atoms with Gasteiger partial charge in [0.05, 0.1) is 0 Å². The number of rotatable bonds is 6. The lowest BCUT2D eigenvalue weighted by molar-refractivity contribution is 0.196. The normalized spacial score (nSPS) is 14.5. The Labute approximate surface area is 98.8 Å². The zero-order chi connectivity index (χ0) is 12.0. The molecular formula is C14H23NO. The number of hydrogen-bond acceptors (Lipinski definition) is 2. The number of ether oxygens (including phenoxy) is 1. The van der Waals surface area contributed by atoms with Crippen molar-refractivity contribution in [1.82, 2.24) is 0 Å². The van der Waals surface area contributed by atoms with E-state index in [1.54, 1.807) is 0 Å². The lowest BCUT2D eigenvalue weighted by Gasteiger charge is -2.18. The van der Waals surface area contributed by atoms with Gasteiger partial charge in [0.15, 0.2) is 0 Å². The van der Waals surface area contributed by atoms with Gasteiger partial charge in [0.1, 0.15) is 11.9 Å². The Bertz CT molecular complexity index is 292. The minimum atomic E-state index is 0.0553. The Morgan fingerprint density at radius 1 is 1.19 bits per heavy atom. The first kappa shape index (κ1) is 13.0. The molecule has 0 heterocycles. The summed E-state index contributed by atoms with van der Waals surface area (Å²) in [5, 5.41) is 0. The first-order chi connectivity index (χ1) is 7.63. The first-order valence-electron chi connectivity index (χ1n) is 6.14. The van der Waals surface area contributed by atoms with Crippen LogP contribution in [0.15, 0.2) is 24.3 Å². The molecule has 0 fully saturated rings. The molecule has 0 aliphatic rings. The van der Waals surface area contributed by atoms with Crippen LogP contribution in [0.3, 0.4) is 0 Å². The van der Waals surface area contributed by atoms with Gasteiger partial charge in [0.2, 0.25) is 0 Å². The third-order valence-electron chi connectivity index (χ3n) is 2.80. The second-order valence-electron chi connectivity index (χ2n) is 4.43. The highest BCUT2D eigenvalue weighted by Crippen LogP contribution is 2.15. The zero-order valence-electron chi connectivity index (χ0n) is 10.6. The zero-order valence-corrected chi connectivity index (χ0v) is 10.6. The van der Waals surface area contributed by atoms with Crippen molar-refractivity contribution in [2.24, 2.45) is 5.73 Å². The van der Waals surface area contributed by atoms with E-state index in [0.717, 1.165) is 12.2 Å². The van der Waals surface area contributed by atoms with Crippen LogP contribution in [-0.4, -0.2) is 12.1 Å². The minimum Gasteiger partial charge on any atom is -0.489 e. The van der Waals surface area contributed by atoms with Crippen molar-refractivity contribution in [3.8, 4) is 5.75 Å². The van der Waals surface area contributed by atoms with Gasteiger partial charge in [-0.15, -0.1) is 0 Å². The van der Waals surface area contributed by atoms with E-state index in [0.29, 0.717) is 0 Å². The molecule has 2 atom stereocenters. The summed E-state index contributed by atoms with van der Waals surface area (Å²) in [7, 11) is 0. The second kappa shape index (κ2) is 6.54. The fourth-order valence-corrected chi connectivity index (χ4v) is 1.44. The first-order valence-corrected chi connectivity index (χ1v) is 6.14. The Morgan fingerprint density at radius 3 is 2.31 bits per heavy atom. The summed E-state index contributed by atoms with van der Waals surface area (Å²) in [6, 6.07) is 8.39. The van der Waals surface area contributed by atoms with Crippen LogP contribution in [0.1, 0.15) is 39.2 Å². The monoisotopic (exact) mass is 221 g/mol. The highest BCUT2D eigenvalue weighted by molar-refractivity contribution is 5.27. The number of nitrogens with two attached hydrogens (primary N) is 1. The summed E-state index contributed by atoms with van der Waals surface area (Å²) in [6.45, 7) is 6.16. The van der Waals surface area contributed by atoms with Crippen LogP contribution in [0.5, 0.6) is 5.75 Å². The molecule has 1 aromatic carbocycles. The van der Waals surface area contributed by atoms with Crippen LogP contribution in [0.2, 0.25) is 0 Å². The molecule has 0 bridgehead atoms. The summed E-state index contributed by atoms with van der Waals surface area (Å²) in [5.41, 5.74) is 7.13. The number of hydrogen-bond donors (Lipinski definition) is 1. The van der Waals surface area contributed by atoms with E-state index in [4.69, 9.17) is 10.5 Å². The predicted octanol–water partition coefficient (Wildman–Crippen LogP) is 3.14. The molecule has 0 aromatic heterocycles. The molecule has 2 N–H and O–H groups in total. The summed E-state index contributed by atoms with van der Waals surface area (Å²) in [4.78, 5) is 0. The molecule has 1 aromatic rings. The molecule has 0 saturated heterocycles. The smallest absolute Gasteiger partial charge is 0.119 e.